The number of nitrogens with zero attached hydrogens (tertiary/aromatic N) is 3. The SMILES string of the molecule is Nc1ccn2nc(-c3ccc(Br)s3)nc2c1. The number of anilines is 1. The number of hydrogen-bond donors (Lipinski definition) is 1. The molecule has 4 nitrogen and oxygen atoms in total. The summed E-state index contributed by atoms with van der Waals surface area (Å²) >= 11 is 5.03. The summed E-state index contributed by atoms with van der Waals surface area (Å²) < 4.78 is 2.79. The van der Waals surface area contributed by atoms with Crippen molar-refractivity contribution in [3.8, 4) is 10.7 Å². The van der Waals surface area contributed by atoms with E-state index < -0.39 is 0 Å². The Morgan fingerprint density at radius 1 is 1.31 bits per heavy atom. The van der Waals surface area contributed by atoms with E-state index in [9.17, 15) is 0 Å². The van der Waals surface area contributed by atoms with E-state index >= 15 is 0 Å². The second kappa shape index (κ2) is 3.57. The van der Waals surface area contributed by atoms with Crippen molar-refractivity contribution in [2.45, 2.75) is 0 Å². The van der Waals surface area contributed by atoms with Crippen LogP contribution in [0.4, 0.5) is 5.69 Å². The summed E-state index contributed by atoms with van der Waals surface area (Å²) in [6, 6.07) is 7.59. The van der Waals surface area contributed by atoms with Gasteiger partial charge in [0.25, 0.3) is 0 Å². The highest BCUT2D eigenvalue weighted by Gasteiger charge is 2.08. The summed E-state index contributed by atoms with van der Waals surface area (Å²) in [7, 11) is 0. The predicted molar refractivity (Wildman–Crippen MR) is 68.4 cm³/mol. The van der Waals surface area contributed by atoms with Gasteiger partial charge in [-0.1, -0.05) is 0 Å². The van der Waals surface area contributed by atoms with Gasteiger partial charge in [-0.25, -0.2) is 9.50 Å². The maximum atomic E-state index is 5.69. The van der Waals surface area contributed by atoms with Crippen LogP contribution in [0.25, 0.3) is 16.3 Å². The van der Waals surface area contributed by atoms with Crippen molar-refractivity contribution in [2.75, 3.05) is 5.73 Å². The molecular formula is C10H7BrN4S. The number of halogens is 1. The van der Waals surface area contributed by atoms with E-state index in [2.05, 4.69) is 26.0 Å². The fourth-order valence-corrected chi connectivity index (χ4v) is 2.75. The Morgan fingerprint density at radius 2 is 2.19 bits per heavy atom. The molecule has 80 valence electrons. The molecule has 0 fully saturated rings. The van der Waals surface area contributed by atoms with Gasteiger partial charge in [0, 0.05) is 18.0 Å². The normalized spacial score (nSPS) is 11.1. The number of hydrogen-bond acceptors (Lipinski definition) is 4. The van der Waals surface area contributed by atoms with Gasteiger partial charge in [-0.2, -0.15) is 0 Å². The first-order valence-electron chi connectivity index (χ1n) is 4.60. The summed E-state index contributed by atoms with van der Waals surface area (Å²) in [6.45, 7) is 0. The van der Waals surface area contributed by atoms with Gasteiger partial charge in [-0.05, 0) is 34.1 Å². The van der Waals surface area contributed by atoms with Crippen molar-refractivity contribution in [3.63, 3.8) is 0 Å². The Balaban J connectivity index is 2.18. The summed E-state index contributed by atoms with van der Waals surface area (Å²) in [5.41, 5.74) is 7.15. The molecule has 3 heterocycles. The zero-order chi connectivity index (χ0) is 11.1. The van der Waals surface area contributed by atoms with Crippen LogP contribution in [0, 0.1) is 0 Å². The van der Waals surface area contributed by atoms with Gasteiger partial charge < -0.3 is 5.73 Å². The van der Waals surface area contributed by atoms with Crippen LogP contribution in [0.2, 0.25) is 0 Å². The summed E-state index contributed by atoms with van der Waals surface area (Å²) in [4.78, 5) is 5.45. The number of pyridine rings is 1. The third kappa shape index (κ3) is 1.60. The molecule has 3 rings (SSSR count). The quantitative estimate of drug-likeness (QED) is 0.751. The molecule has 2 N–H and O–H groups in total. The Bertz CT molecular complexity index is 658. The van der Waals surface area contributed by atoms with E-state index in [1.807, 2.05) is 18.3 Å². The molecule has 0 amide bonds. The lowest BCUT2D eigenvalue weighted by Crippen LogP contribution is -1.89. The van der Waals surface area contributed by atoms with Crippen LogP contribution in [-0.2, 0) is 0 Å². The predicted octanol–water partition coefficient (Wildman–Crippen LogP) is 2.80. The van der Waals surface area contributed by atoms with Crippen LogP contribution >= 0.6 is 27.3 Å². The molecule has 0 aliphatic rings. The third-order valence-corrected chi connectivity index (χ3v) is 3.77. The standard InChI is InChI=1S/C10H7BrN4S/c11-8-2-1-7(16-8)10-13-9-5-6(12)3-4-15(9)14-10/h1-5H,12H2. The van der Waals surface area contributed by atoms with Crippen LogP contribution in [0.3, 0.4) is 0 Å². The minimum atomic E-state index is 0.693. The average molecular weight is 295 g/mol. The number of nitrogen functional groups attached to an aromatic ring is 1. The second-order valence-corrected chi connectivity index (χ2v) is 5.77. The molecule has 0 saturated carbocycles. The van der Waals surface area contributed by atoms with Gasteiger partial charge in [-0.3, -0.25) is 0 Å². The molecule has 0 saturated heterocycles. The van der Waals surface area contributed by atoms with E-state index in [0.29, 0.717) is 5.69 Å². The van der Waals surface area contributed by atoms with Crippen LogP contribution in [0.1, 0.15) is 0 Å². The van der Waals surface area contributed by atoms with Gasteiger partial charge in [0.05, 0.1) is 8.66 Å². The number of thiophene rings is 1. The minimum absolute atomic E-state index is 0.693. The molecule has 0 unspecified atom stereocenters. The molecule has 16 heavy (non-hydrogen) atoms. The largest absolute Gasteiger partial charge is 0.399 e. The Kier molecular flexibility index (Phi) is 2.19. The average Bonchev–Trinajstić information content (AvgIpc) is 2.83. The number of rotatable bonds is 1. The number of nitrogens with two attached hydrogens (primary N) is 1. The summed E-state index contributed by atoms with van der Waals surface area (Å²) in [6.07, 6.45) is 1.81. The number of fused-ring (bicyclic) bond motifs is 1. The fraction of sp³-hybridized carbons (Fsp3) is 0. The molecular weight excluding hydrogens is 288 g/mol. The Hall–Kier alpha value is -1.40. The van der Waals surface area contributed by atoms with Gasteiger partial charge >= 0.3 is 0 Å². The van der Waals surface area contributed by atoms with Gasteiger partial charge in [0.15, 0.2) is 11.5 Å². The minimum Gasteiger partial charge on any atom is -0.399 e. The first-order chi connectivity index (χ1) is 7.72. The van der Waals surface area contributed by atoms with E-state index in [-0.39, 0.29) is 0 Å². The zero-order valence-corrected chi connectivity index (χ0v) is 10.5. The number of aromatic nitrogens is 3. The van der Waals surface area contributed by atoms with E-state index in [0.717, 1.165) is 20.1 Å². The summed E-state index contributed by atoms with van der Waals surface area (Å²) in [5.74, 6) is 0.723. The van der Waals surface area contributed by atoms with Crippen molar-refractivity contribution in [1.82, 2.24) is 14.6 Å². The Morgan fingerprint density at radius 3 is 2.94 bits per heavy atom. The first kappa shape index (κ1) is 9.80. The van der Waals surface area contributed by atoms with Crippen LogP contribution < -0.4 is 5.73 Å². The lowest BCUT2D eigenvalue weighted by Gasteiger charge is -1.91. The van der Waals surface area contributed by atoms with Crippen LogP contribution in [-0.4, -0.2) is 14.6 Å². The molecule has 0 radical (unpaired) electrons. The third-order valence-electron chi connectivity index (χ3n) is 2.16. The molecule has 0 aliphatic carbocycles. The van der Waals surface area contributed by atoms with Gasteiger partial charge in [0.2, 0.25) is 0 Å². The van der Waals surface area contributed by atoms with Crippen molar-refractivity contribution in [3.05, 3.63) is 34.2 Å². The topological polar surface area (TPSA) is 56.2 Å². The molecule has 0 atom stereocenters. The molecule has 0 spiro atoms. The first-order valence-corrected chi connectivity index (χ1v) is 6.21. The van der Waals surface area contributed by atoms with Crippen molar-refractivity contribution < 1.29 is 0 Å². The molecule has 0 bridgehead atoms. The fourth-order valence-electron chi connectivity index (χ4n) is 1.44. The maximum Gasteiger partial charge on any atom is 0.192 e. The monoisotopic (exact) mass is 294 g/mol. The molecule has 3 aromatic heterocycles. The highest BCUT2D eigenvalue weighted by molar-refractivity contribution is 9.11. The second-order valence-electron chi connectivity index (χ2n) is 3.30. The van der Waals surface area contributed by atoms with E-state index in [4.69, 9.17) is 5.73 Å². The van der Waals surface area contributed by atoms with Crippen LogP contribution in [0.5, 0.6) is 0 Å². The van der Waals surface area contributed by atoms with Crippen molar-refractivity contribution >= 4 is 38.6 Å². The van der Waals surface area contributed by atoms with Crippen molar-refractivity contribution in [2.24, 2.45) is 0 Å². The highest BCUT2D eigenvalue weighted by atomic mass is 79.9. The highest BCUT2D eigenvalue weighted by Crippen LogP contribution is 2.29. The van der Waals surface area contributed by atoms with E-state index in [1.54, 1.807) is 28.0 Å². The summed E-state index contributed by atoms with van der Waals surface area (Å²) in [5, 5.41) is 4.38. The van der Waals surface area contributed by atoms with Crippen LogP contribution in [0.15, 0.2) is 34.2 Å². The van der Waals surface area contributed by atoms with Gasteiger partial charge in [0.1, 0.15) is 0 Å². The van der Waals surface area contributed by atoms with Crippen molar-refractivity contribution in [1.29, 1.82) is 0 Å². The maximum absolute atomic E-state index is 5.69. The molecule has 0 aromatic carbocycles. The van der Waals surface area contributed by atoms with Gasteiger partial charge in [-0.15, -0.1) is 16.4 Å². The Labute approximate surface area is 104 Å². The lowest BCUT2D eigenvalue weighted by atomic mass is 10.4. The molecule has 6 heteroatoms. The molecule has 3 aromatic rings. The lowest BCUT2D eigenvalue weighted by molar-refractivity contribution is 0.968. The zero-order valence-electron chi connectivity index (χ0n) is 8.09. The smallest absolute Gasteiger partial charge is 0.192 e. The molecule has 0 aliphatic heterocycles. The van der Waals surface area contributed by atoms with E-state index in [1.165, 1.54) is 0 Å².